The molecule has 0 spiro atoms. The van der Waals surface area contributed by atoms with Crippen LogP contribution in [0.5, 0.6) is 0 Å². The van der Waals surface area contributed by atoms with Gasteiger partial charge in [0, 0.05) is 20.3 Å². The Morgan fingerprint density at radius 1 is 1.43 bits per heavy atom. The molecule has 0 fully saturated rings. The molecule has 0 N–H and O–H groups in total. The molecule has 0 unspecified atom stereocenters. The van der Waals surface area contributed by atoms with E-state index in [1.807, 2.05) is 20.0 Å². The van der Waals surface area contributed by atoms with Gasteiger partial charge in [-0.25, -0.2) is 4.68 Å². The Morgan fingerprint density at radius 2 is 2.00 bits per heavy atom. The Bertz CT molecular complexity index is 340. The van der Waals surface area contributed by atoms with Crippen LogP contribution in [0.1, 0.15) is 19.9 Å². The monoisotopic (exact) mass is 217 g/mol. The lowest BCUT2D eigenvalue weighted by atomic mass is 10.4. The standard InChI is InChI=1S/C8H16N3O2P/c1-7(2)11-6-8(9-10-11)14(5,12-3)13-4/h6-7H,5H2,1-4H3. The first-order valence-corrected chi connectivity index (χ1v) is 6.11. The number of rotatable bonds is 4. The van der Waals surface area contributed by atoms with Crippen molar-refractivity contribution in [1.82, 2.24) is 15.0 Å². The van der Waals surface area contributed by atoms with E-state index in [9.17, 15) is 0 Å². The van der Waals surface area contributed by atoms with Gasteiger partial charge in [0.25, 0.3) is 0 Å². The van der Waals surface area contributed by atoms with Gasteiger partial charge in [-0.05, 0) is 20.1 Å². The van der Waals surface area contributed by atoms with E-state index in [1.165, 1.54) is 0 Å². The van der Waals surface area contributed by atoms with Gasteiger partial charge in [-0.1, -0.05) is 5.21 Å². The zero-order valence-electron chi connectivity index (χ0n) is 8.97. The average molecular weight is 217 g/mol. The summed E-state index contributed by atoms with van der Waals surface area (Å²) < 4.78 is 12.2. The van der Waals surface area contributed by atoms with Crippen molar-refractivity contribution in [2.45, 2.75) is 19.9 Å². The van der Waals surface area contributed by atoms with E-state index in [0.717, 1.165) is 0 Å². The Labute approximate surface area is 84.2 Å². The quantitative estimate of drug-likeness (QED) is 0.707. The van der Waals surface area contributed by atoms with Crippen LogP contribution in [0, 0.1) is 0 Å². The van der Waals surface area contributed by atoms with Crippen LogP contribution in [0.4, 0.5) is 0 Å². The molecule has 80 valence electrons. The van der Waals surface area contributed by atoms with Crippen molar-refractivity contribution in [3.63, 3.8) is 0 Å². The molecule has 0 radical (unpaired) electrons. The summed E-state index contributed by atoms with van der Waals surface area (Å²) >= 11 is 0. The summed E-state index contributed by atoms with van der Waals surface area (Å²) in [5.41, 5.74) is 0.677. The first-order chi connectivity index (χ1) is 6.53. The lowest BCUT2D eigenvalue weighted by molar-refractivity contribution is 0.345. The minimum Gasteiger partial charge on any atom is -0.336 e. The third-order valence-corrected chi connectivity index (χ3v) is 4.05. The van der Waals surface area contributed by atoms with E-state index in [2.05, 4.69) is 16.6 Å². The Balaban J connectivity index is 3.02. The van der Waals surface area contributed by atoms with Crippen LogP contribution in [0.2, 0.25) is 0 Å². The predicted molar refractivity (Wildman–Crippen MR) is 58.1 cm³/mol. The lowest BCUT2D eigenvalue weighted by Crippen LogP contribution is -2.09. The van der Waals surface area contributed by atoms with Crippen LogP contribution in [0.3, 0.4) is 0 Å². The maximum atomic E-state index is 5.23. The molecule has 5 nitrogen and oxygen atoms in total. The zero-order valence-corrected chi connectivity index (χ0v) is 9.86. The van der Waals surface area contributed by atoms with Crippen molar-refractivity contribution in [2.24, 2.45) is 0 Å². The van der Waals surface area contributed by atoms with E-state index in [1.54, 1.807) is 18.9 Å². The van der Waals surface area contributed by atoms with Gasteiger partial charge < -0.3 is 9.05 Å². The zero-order chi connectivity index (χ0) is 10.8. The number of aromatic nitrogens is 3. The molecule has 1 rings (SSSR count). The molecule has 0 saturated carbocycles. The van der Waals surface area contributed by atoms with Crippen molar-refractivity contribution in [3.8, 4) is 0 Å². The predicted octanol–water partition coefficient (Wildman–Crippen LogP) is 1.06. The molecule has 1 aromatic rings. The van der Waals surface area contributed by atoms with Crippen molar-refractivity contribution < 1.29 is 9.05 Å². The lowest BCUT2D eigenvalue weighted by Gasteiger charge is -2.16. The van der Waals surface area contributed by atoms with Crippen LogP contribution < -0.4 is 5.44 Å². The molecule has 0 saturated heterocycles. The van der Waals surface area contributed by atoms with Crippen molar-refractivity contribution in [2.75, 3.05) is 14.2 Å². The molecule has 0 aromatic carbocycles. The molecule has 0 atom stereocenters. The van der Waals surface area contributed by atoms with E-state index in [-0.39, 0.29) is 6.04 Å². The fraction of sp³-hybridized carbons (Fsp3) is 0.625. The summed E-state index contributed by atoms with van der Waals surface area (Å²) in [4.78, 5) is 0. The highest BCUT2D eigenvalue weighted by atomic mass is 31.2. The largest absolute Gasteiger partial charge is 0.336 e. The van der Waals surface area contributed by atoms with Gasteiger partial charge in [0.05, 0.1) is 6.20 Å². The molecule has 0 bridgehead atoms. The van der Waals surface area contributed by atoms with Crippen LogP contribution in [0.25, 0.3) is 0 Å². The van der Waals surface area contributed by atoms with Crippen LogP contribution in [-0.2, 0) is 9.05 Å². The third kappa shape index (κ3) is 2.05. The summed E-state index contributed by atoms with van der Waals surface area (Å²) in [6, 6.07) is 0.276. The van der Waals surface area contributed by atoms with Gasteiger partial charge in [0.2, 0.25) is 0 Å². The van der Waals surface area contributed by atoms with Gasteiger partial charge in [-0.3, -0.25) is 0 Å². The topological polar surface area (TPSA) is 49.2 Å². The molecule has 0 amide bonds. The second-order valence-electron chi connectivity index (χ2n) is 3.19. The van der Waals surface area contributed by atoms with E-state index in [4.69, 9.17) is 9.05 Å². The summed E-state index contributed by atoms with van der Waals surface area (Å²) in [6.07, 6.45) is 5.72. The van der Waals surface area contributed by atoms with Gasteiger partial charge in [0.1, 0.15) is 0 Å². The van der Waals surface area contributed by atoms with Gasteiger partial charge in [0.15, 0.2) is 12.8 Å². The van der Waals surface area contributed by atoms with Gasteiger partial charge in [-0.2, -0.15) is 0 Å². The Kier molecular flexibility index (Phi) is 3.48. The highest BCUT2D eigenvalue weighted by Gasteiger charge is 2.20. The second kappa shape index (κ2) is 4.26. The molecule has 14 heavy (non-hydrogen) atoms. The molecular weight excluding hydrogens is 201 g/mol. The van der Waals surface area contributed by atoms with Crippen LogP contribution in [0.15, 0.2) is 6.20 Å². The van der Waals surface area contributed by atoms with Crippen LogP contribution >= 0.6 is 7.34 Å². The minimum atomic E-state index is -2.25. The molecule has 6 heteroatoms. The van der Waals surface area contributed by atoms with Gasteiger partial charge in [-0.15, -0.1) is 5.10 Å². The molecule has 0 aliphatic heterocycles. The van der Waals surface area contributed by atoms with E-state index in [0.29, 0.717) is 5.44 Å². The maximum Gasteiger partial charge on any atom is 0.168 e. The summed E-state index contributed by atoms with van der Waals surface area (Å²) in [5, 5.41) is 7.97. The SMILES string of the molecule is C=P(OC)(OC)c1cn(C(C)C)nn1. The fourth-order valence-corrected chi connectivity index (χ4v) is 1.93. The summed E-state index contributed by atoms with van der Waals surface area (Å²) in [6.45, 7) is 4.06. The summed E-state index contributed by atoms with van der Waals surface area (Å²) in [7, 11) is 0.889. The first kappa shape index (κ1) is 11.4. The number of hydrogen-bond acceptors (Lipinski definition) is 4. The van der Waals surface area contributed by atoms with Crippen molar-refractivity contribution in [3.05, 3.63) is 6.20 Å². The fourth-order valence-electron chi connectivity index (χ4n) is 0.937. The van der Waals surface area contributed by atoms with E-state index >= 15 is 0 Å². The van der Waals surface area contributed by atoms with Crippen LogP contribution in [-0.4, -0.2) is 35.5 Å². The smallest absolute Gasteiger partial charge is 0.168 e. The molecule has 0 aliphatic carbocycles. The third-order valence-electron chi connectivity index (χ3n) is 1.97. The summed E-state index contributed by atoms with van der Waals surface area (Å²) in [5.74, 6) is 0. The van der Waals surface area contributed by atoms with E-state index < -0.39 is 7.34 Å². The normalized spacial score (nSPS) is 12.4. The first-order valence-electron chi connectivity index (χ1n) is 4.30. The highest BCUT2D eigenvalue weighted by Crippen LogP contribution is 2.43. The number of hydrogen-bond donors (Lipinski definition) is 0. The molecule has 0 aliphatic rings. The molecule has 1 heterocycles. The number of nitrogens with zero attached hydrogens (tertiary/aromatic N) is 3. The Morgan fingerprint density at radius 3 is 2.36 bits per heavy atom. The van der Waals surface area contributed by atoms with Gasteiger partial charge >= 0.3 is 0 Å². The minimum absolute atomic E-state index is 0.276. The maximum absolute atomic E-state index is 5.23. The van der Waals surface area contributed by atoms with Crippen molar-refractivity contribution >= 4 is 19.1 Å². The highest BCUT2D eigenvalue weighted by molar-refractivity contribution is 7.71. The molecule has 1 aromatic heterocycles. The van der Waals surface area contributed by atoms with Crippen molar-refractivity contribution in [1.29, 1.82) is 0 Å². The molecular formula is C8H16N3O2P. The average Bonchev–Trinajstić information content (AvgIpc) is 2.66. The Hall–Kier alpha value is -0.640. The second-order valence-corrected chi connectivity index (χ2v) is 5.72.